The molecule has 0 aliphatic carbocycles. The Morgan fingerprint density at radius 1 is 1.15 bits per heavy atom. The van der Waals surface area contributed by atoms with Crippen LogP contribution in [0, 0.1) is 19.3 Å². The molecule has 1 aromatic heterocycles. The molecule has 33 heavy (non-hydrogen) atoms. The molecule has 9 heteroatoms. The number of nitrogens with one attached hydrogen (secondary N) is 1. The van der Waals surface area contributed by atoms with Crippen molar-refractivity contribution in [3.8, 4) is 12.3 Å². The van der Waals surface area contributed by atoms with E-state index < -0.39 is 27.1 Å². The van der Waals surface area contributed by atoms with Crippen LogP contribution in [0.15, 0.2) is 15.8 Å². The Morgan fingerprint density at radius 2 is 1.70 bits per heavy atom. The summed E-state index contributed by atoms with van der Waals surface area (Å²) in [4.78, 5) is 27.0. The fraction of sp³-hybridized carbons (Fsp3) is 0.750. The van der Waals surface area contributed by atoms with Crippen LogP contribution in [0.1, 0.15) is 58.9 Å². The first-order valence-corrected chi connectivity index (χ1v) is 18.3. The van der Waals surface area contributed by atoms with Crippen LogP contribution < -0.4 is 11.2 Å². The molecule has 186 valence electrons. The van der Waals surface area contributed by atoms with E-state index in [9.17, 15) is 9.59 Å². The van der Waals surface area contributed by atoms with Crippen molar-refractivity contribution < 1.29 is 8.85 Å². The summed E-state index contributed by atoms with van der Waals surface area (Å²) >= 11 is 1.55. The number of hydrogen-bond acceptors (Lipinski definition) is 5. The first kappa shape index (κ1) is 28.2. The Hall–Kier alpha value is -1.06. The van der Waals surface area contributed by atoms with Crippen LogP contribution in [0.5, 0.6) is 0 Å². The molecule has 0 spiro atoms. The van der Waals surface area contributed by atoms with Gasteiger partial charge in [-0.3, -0.25) is 14.3 Å². The lowest BCUT2D eigenvalue weighted by molar-refractivity contribution is 0.123. The Morgan fingerprint density at radius 3 is 2.18 bits per heavy atom. The molecule has 1 aromatic rings. The van der Waals surface area contributed by atoms with Crippen molar-refractivity contribution in [1.29, 1.82) is 0 Å². The number of rotatable bonds is 6. The van der Waals surface area contributed by atoms with E-state index in [0.29, 0.717) is 18.6 Å². The number of aromatic amines is 1. The highest BCUT2D eigenvalue weighted by molar-refractivity contribution is 8.01. The molecule has 1 saturated heterocycles. The van der Waals surface area contributed by atoms with Crippen molar-refractivity contribution in [2.45, 2.75) is 107 Å². The van der Waals surface area contributed by atoms with E-state index in [2.05, 4.69) is 78.6 Å². The molecule has 3 atom stereocenters. The van der Waals surface area contributed by atoms with Gasteiger partial charge in [0.25, 0.3) is 5.56 Å². The van der Waals surface area contributed by atoms with Gasteiger partial charge in [0.15, 0.2) is 16.6 Å². The molecule has 6 nitrogen and oxygen atoms in total. The van der Waals surface area contributed by atoms with E-state index in [1.165, 1.54) is 0 Å². The van der Waals surface area contributed by atoms with E-state index >= 15 is 0 Å². The molecule has 0 amide bonds. The molecule has 2 rings (SSSR count). The molecule has 0 unspecified atom stereocenters. The van der Waals surface area contributed by atoms with E-state index in [-0.39, 0.29) is 27.1 Å². The van der Waals surface area contributed by atoms with Crippen molar-refractivity contribution in [3.05, 3.63) is 32.6 Å². The second-order valence-corrected chi connectivity index (χ2v) is 23.3. The summed E-state index contributed by atoms with van der Waals surface area (Å²) in [6.45, 7) is 24.2. The molecule has 2 heterocycles. The van der Waals surface area contributed by atoms with Crippen LogP contribution in [0.3, 0.4) is 0 Å². The topological polar surface area (TPSA) is 73.3 Å². The molecule has 1 aliphatic heterocycles. The second kappa shape index (κ2) is 9.19. The predicted octanol–water partition coefficient (Wildman–Crippen LogP) is 5.26. The second-order valence-electron chi connectivity index (χ2n) is 12.2. The van der Waals surface area contributed by atoms with E-state index in [0.717, 1.165) is 0 Å². The fourth-order valence-electron chi connectivity index (χ4n) is 3.19. The number of aryl methyl sites for hydroxylation is 1. The number of H-pyrrole nitrogens is 1. The minimum Gasteiger partial charge on any atom is -0.414 e. The summed E-state index contributed by atoms with van der Waals surface area (Å²) < 4.78 is 14.4. The molecular weight excluding hydrogens is 469 g/mol. The smallest absolute Gasteiger partial charge is 0.329 e. The Labute approximate surface area is 205 Å². The fourth-order valence-corrected chi connectivity index (χ4v) is 7.28. The van der Waals surface area contributed by atoms with Gasteiger partial charge in [-0.05, 0) is 43.2 Å². The van der Waals surface area contributed by atoms with E-state index in [1.807, 2.05) is 0 Å². The average Bonchev–Trinajstić information content (AvgIpc) is 2.99. The number of aromatic nitrogens is 2. The maximum Gasteiger partial charge on any atom is 0.329 e. The van der Waals surface area contributed by atoms with Crippen molar-refractivity contribution in [2.75, 3.05) is 6.61 Å². The maximum absolute atomic E-state index is 12.7. The Balaban J connectivity index is 2.51. The van der Waals surface area contributed by atoms with Gasteiger partial charge in [0.2, 0.25) is 0 Å². The number of terminal acetylenes is 1. The third-order valence-corrected chi connectivity index (χ3v) is 18.3. The summed E-state index contributed by atoms with van der Waals surface area (Å²) in [5.41, 5.74) is -0.294. The summed E-state index contributed by atoms with van der Waals surface area (Å²) in [6, 6.07) is 0. The van der Waals surface area contributed by atoms with Gasteiger partial charge >= 0.3 is 5.69 Å². The highest BCUT2D eigenvalue weighted by Crippen LogP contribution is 2.53. The van der Waals surface area contributed by atoms with Gasteiger partial charge in [-0.15, -0.1) is 18.2 Å². The van der Waals surface area contributed by atoms with Crippen molar-refractivity contribution >= 4 is 28.4 Å². The standard InChI is InChI=1S/C24H42N2O4SSi2/c1-13-24(16-29-32(9,10)22(3,4)5)18(30-33(11,12)23(6,7)8)14-19(31-24)26-15-17(2)20(27)25-21(26)28/h1,15,18-19H,14,16H2,2-12H3,(H,25,27,28)/t18-,19+,24+/m0/s1. The van der Waals surface area contributed by atoms with Gasteiger partial charge in [-0.1, -0.05) is 47.5 Å². The summed E-state index contributed by atoms with van der Waals surface area (Å²) in [5, 5.41) is -0.183. The number of nitrogens with zero attached hydrogens (tertiary/aromatic N) is 1. The van der Waals surface area contributed by atoms with E-state index in [4.69, 9.17) is 15.3 Å². The average molecular weight is 511 g/mol. The molecule has 0 bridgehead atoms. The van der Waals surface area contributed by atoms with Crippen LogP contribution in [-0.4, -0.2) is 43.6 Å². The highest BCUT2D eigenvalue weighted by Gasteiger charge is 2.54. The minimum atomic E-state index is -2.15. The molecule has 1 N–H and O–H groups in total. The molecule has 1 aliphatic rings. The predicted molar refractivity (Wildman–Crippen MR) is 144 cm³/mol. The molecule has 1 fully saturated rings. The SMILES string of the molecule is C#C[C@]1(CO[Si](C)(C)C(C)(C)C)S[C@@H](n2cc(C)c(=O)[nH]c2=O)C[C@@H]1O[Si](C)(C)C(C)(C)C. The third kappa shape index (κ3) is 5.78. The van der Waals surface area contributed by atoms with Gasteiger partial charge in [0, 0.05) is 18.2 Å². The highest BCUT2D eigenvalue weighted by atomic mass is 32.2. The van der Waals surface area contributed by atoms with Crippen molar-refractivity contribution in [2.24, 2.45) is 0 Å². The summed E-state index contributed by atoms with van der Waals surface area (Å²) in [7, 11) is -4.21. The molecule has 0 radical (unpaired) electrons. The van der Waals surface area contributed by atoms with Gasteiger partial charge < -0.3 is 8.85 Å². The number of hydrogen-bond donors (Lipinski definition) is 1. The van der Waals surface area contributed by atoms with Crippen LogP contribution in [-0.2, 0) is 8.85 Å². The zero-order valence-corrected chi connectivity index (χ0v) is 25.0. The quantitative estimate of drug-likeness (QED) is 0.417. The van der Waals surface area contributed by atoms with Gasteiger partial charge in [-0.25, -0.2) is 4.79 Å². The zero-order chi connectivity index (χ0) is 25.6. The molecular formula is C24H42N2O4SSi2. The monoisotopic (exact) mass is 510 g/mol. The van der Waals surface area contributed by atoms with Gasteiger partial charge in [0.1, 0.15) is 4.75 Å². The molecule has 0 aromatic carbocycles. The Kier molecular flexibility index (Phi) is 7.85. The normalized spacial score (nSPS) is 24.7. The van der Waals surface area contributed by atoms with Crippen molar-refractivity contribution in [1.82, 2.24) is 9.55 Å². The lowest BCUT2D eigenvalue weighted by Gasteiger charge is -2.43. The third-order valence-electron chi connectivity index (χ3n) is 7.68. The van der Waals surface area contributed by atoms with Crippen LogP contribution in [0.4, 0.5) is 0 Å². The zero-order valence-electron chi connectivity index (χ0n) is 22.2. The van der Waals surface area contributed by atoms with Crippen LogP contribution >= 0.6 is 11.8 Å². The minimum absolute atomic E-state index is 0.0157. The van der Waals surface area contributed by atoms with Gasteiger partial charge in [0.05, 0.1) is 18.1 Å². The Bertz CT molecular complexity index is 1030. The first-order chi connectivity index (χ1) is 14.8. The largest absolute Gasteiger partial charge is 0.414 e. The van der Waals surface area contributed by atoms with Crippen molar-refractivity contribution in [3.63, 3.8) is 0 Å². The lowest BCUT2D eigenvalue weighted by atomic mass is 10.0. The van der Waals surface area contributed by atoms with E-state index in [1.54, 1.807) is 29.4 Å². The maximum atomic E-state index is 12.7. The lowest BCUT2D eigenvalue weighted by Crippen LogP contribution is -2.52. The number of thioether (sulfide) groups is 1. The van der Waals surface area contributed by atoms with Crippen LogP contribution in [0.25, 0.3) is 0 Å². The van der Waals surface area contributed by atoms with Crippen LogP contribution in [0.2, 0.25) is 36.3 Å². The van der Waals surface area contributed by atoms with Gasteiger partial charge in [-0.2, -0.15) is 0 Å². The first-order valence-electron chi connectivity index (χ1n) is 11.6. The summed E-state index contributed by atoms with van der Waals surface area (Å²) in [6.07, 6.45) is 8.16. The summed E-state index contributed by atoms with van der Waals surface area (Å²) in [5.74, 6) is 3.04. The molecule has 0 saturated carbocycles.